The van der Waals surface area contributed by atoms with Gasteiger partial charge in [0.1, 0.15) is 16.1 Å². The molecule has 1 amide bonds. The minimum Gasteiger partial charge on any atom is -0.497 e. The Morgan fingerprint density at radius 3 is 2.54 bits per heavy atom. The van der Waals surface area contributed by atoms with Crippen LogP contribution in [0.4, 0.5) is 5.13 Å². The molecule has 0 unspecified atom stereocenters. The average Bonchev–Trinajstić information content (AvgIpc) is 3.29. The van der Waals surface area contributed by atoms with Gasteiger partial charge in [0, 0.05) is 10.6 Å². The monoisotopic (exact) mass is 403 g/mol. The molecule has 1 aromatic heterocycles. The third-order valence-corrected chi connectivity index (χ3v) is 6.42. The van der Waals surface area contributed by atoms with Crippen molar-refractivity contribution in [2.75, 3.05) is 17.8 Å². The van der Waals surface area contributed by atoms with Crippen molar-refractivity contribution in [1.29, 1.82) is 0 Å². The Balaban J connectivity index is 1.64. The molecule has 0 spiro atoms. The fourth-order valence-electron chi connectivity index (χ4n) is 2.67. The van der Waals surface area contributed by atoms with Gasteiger partial charge < -0.3 is 4.74 Å². The lowest BCUT2D eigenvalue weighted by molar-refractivity contribution is -0.115. The van der Waals surface area contributed by atoms with Crippen molar-refractivity contribution in [2.45, 2.75) is 5.37 Å². The number of hydrogen-bond acceptors (Lipinski definition) is 6. The number of benzene rings is 2. The lowest BCUT2D eigenvalue weighted by Crippen LogP contribution is -2.27. The maximum Gasteiger partial charge on any atom is 0.240 e. The SMILES string of the molecule is COc1ccc(-c2nnc(N3C(=O)CS[C@@H]3c3ccc(Cl)cc3)s2)cc1. The smallest absolute Gasteiger partial charge is 0.240 e. The van der Waals surface area contributed by atoms with Crippen LogP contribution >= 0.6 is 34.7 Å². The molecular formula is C18H14ClN3O2S2. The van der Waals surface area contributed by atoms with Gasteiger partial charge in [0.05, 0.1) is 12.9 Å². The number of methoxy groups -OCH3 is 1. The van der Waals surface area contributed by atoms with E-state index < -0.39 is 0 Å². The molecule has 4 rings (SSSR count). The fraction of sp³-hybridized carbons (Fsp3) is 0.167. The van der Waals surface area contributed by atoms with Crippen LogP contribution < -0.4 is 9.64 Å². The first kappa shape index (κ1) is 17.3. The highest BCUT2D eigenvalue weighted by molar-refractivity contribution is 8.00. The van der Waals surface area contributed by atoms with Crippen molar-refractivity contribution in [1.82, 2.24) is 10.2 Å². The summed E-state index contributed by atoms with van der Waals surface area (Å²) in [5.74, 6) is 1.24. The van der Waals surface area contributed by atoms with Gasteiger partial charge in [-0.3, -0.25) is 9.69 Å². The quantitative estimate of drug-likeness (QED) is 0.634. The number of anilines is 1. The summed E-state index contributed by atoms with van der Waals surface area (Å²) in [6, 6.07) is 15.2. The molecule has 0 aliphatic carbocycles. The molecular weight excluding hydrogens is 390 g/mol. The zero-order valence-electron chi connectivity index (χ0n) is 13.8. The van der Waals surface area contributed by atoms with Crippen LogP contribution in [-0.4, -0.2) is 29.0 Å². The van der Waals surface area contributed by atoms with Crippen LogP contribution in [0.3, 0.4) is 0 Å². The van der Waals surface area contributed by atoms with Gasteiger partial charge in [-0.15, -0.1) is 22.0 Å². The second-order valence-electron chi connectivity index (χ2n) is 5.60. The van der Waals surface area contributed by atoms with Crippen LogP contribution in [0.2, 0.25) is 5.02 Å². The Morgan fingerprint density at radius 2 is 1.85 bits per heavy atom. The topological polar surface area (TPSA) is 55.3 Å². The number of carbonyl (C=O) groups is 1. The number of aromatic nitrogens is 2. The fourth-order valence-corrected chi connectivity index (χ4v) is 4.91. The van der Waals surface area contributed by atoms with Crippen LogP contribution in [0.5, 0.6) is 5.75 Å². The van der Waals surface area contributed by atoms with E-state index in [2.05, 4.69) is 10.2 Å². The van der Waals surface area contributed by atoms with Crippen molar-refractivity contribution >= 4 is 45.7 Å². The van der Waals surface area contributed by atoms with E-state index >= 15 is 0 Å². The third-order valence-electron chi connectivity index (χ3n) is 3.98. The first-order valence-corrected chi connectivity index (χ1v) is 10.1. The molecule has 1 fully saturated rings. The predicted octanol–water partition coefficient (Wildman–Crippen LogP) is 4.65. The Morgan fingerprint density at radius 1 is 1.12 bits per heavy atom. The lowest BCUT2D eigenvalue weighted by atomic mass is 10.2. The number of ether oxygens (including phenoxy) is 1. The molecule has 1 atom stereocenters. The average molecular weight is 404 g/mol. The van der Waals surface area contributed by atoms with Crippen molar-refractivity contribution in [2.24, 2.45) is 0 Å². The summed E-state index contributed by atoms with van der Waals surface area (Å²) in [5.41, 5.74) is 1.96. The van der Waals surface area contributed by atoms with E-state index in [0.717, 1.165) is 21.9 Å². The van der Waals surface area contributed by atoms with E-state index in [1.165, 1.54) is 11.3 Å². The van der Waals surface area contributed by atoms with E-state index in [4.69, 9.17) is 16.3 Å². The molecule has 0 saturated carbocycles. The molecule has 1 aliphatic rings. The Labute approximate surface area is 164 Å². The number of nitrogens with zero attached hydrogens (tertiary/aromatic N) is 3. The minimum absolute atomic E-state index is 0.0346. The van der Waals surface area contributed by atoms with Gasteiger partial charge in [0.15, 0.2) is 0 Å². The summed E-state index contributed by atoms with van der Waals surface area (Å²) in [4.78, 5) is 14.2. The molecule has 0 bridgehead atoms. The van der Waals surface area contributed by atoms with Crippen molar-refractivity contribution in [3.05, 3.63) is 59.1 Å². The highest BCUT2D eigenvalue weighted by atomic mass is 35.5. The summed E-state index contributed by atoms with van der Waals surface area (Å²) in [6.45, 7) is 0. The second-order valence-corrected chi connectivity index (χ2v) is 8.06. The minimum atomic E-state index is -0.114. The molecule has 0 N–H and O–H groups in total. The number of thioether (sulfide) groups is 1. The van der Waals surface area contributed by atoms with E-state index in [0.29, 0.717) is 15.9 Å². The zero-order valence-corrected chi connectivity index (χ0v) is 16.1. The molecule has 1 aliphatic heterocycles. The molecule has 3 aromatic rings. The largest absolute Gasteiger partial charge is 0.497 e. The molecule has 2 heterocycles. The maximum atomic E-state index is 12.5. The molecule has 5 nitrogen and oxygen atoms in total. The summed E-state index contributed by atoms with van der Waals surface area (Å²) in [5, 5.41) is 10.5. The molecule has 1 saturated heterocycles. The van der Waals surface area contributed by atoms with Crippen LogP contribution in [0, 0.1) is 0 Å². The molecule has 0 radical (unpaired) electrons. The highest BCUT2D eigenvalue weighted by Gasteiger charge is 2.36. The van der Waals surface area contributed by atoms with Gasteiger partial charge >= 0.3 is 0 Å². The third kappa shape index (κ3) is 3.30. The molecule has 26 heavy (non-hydrogen) atoms. The van der Waals surface area contributed by atoms with Gasteiger partial charge in [-0.25, -0.2) is 0 Å². The van der Waals surface area contributed by atoms with Gasteiger partial charge in [0.2, 0.25) is 11.0 Å². The molecule has 132 valence electrons. The van der Waals surface area contributed by atoms with E-state index in [1.54, 1.807) is 23.8 Å². The van der Waals surface area contributed by atoms with Gasteiger partial charge in [-0.2, -0.15) is 0 Å². The molecule has 8 heteroatoms. The van der Waals surface area contributed by atoms with Gasteiger partial charge in [0.25, 0.3) is 0 Å². The summed E-state index contributed by atoms with van der Waals surface area (Å²) >= 11 is 8.96. The summed E-state index contributed by atoms with van der Waals surface area (Å²) in [6.07, 6.45) is 0. The number of rotatable bonds is 4. The van der Waals surface area contributed by atoms with E-state index in [1.807, 2.05) is 48.5 Å². The number of carbonyl (C=O) groups excluding carboxylic acids is 1. The lowest BCUT2D eigenvalue weighted by Gasteiger charge is -2.20. The van der Waals surface area contributed by atoms with Gasteiger partial charge in [-0.1, -0.05) is 35.1 Å². The van der Waals surface area contributed by atoms with Crippen LogP contribution in [0.25, 0.3) is 10.6 Å². The summed E-state index contributed by atoms with van der Waals surface area (Å²) in [7, 11) is 1.63. The van der Waals surface area contributed by atoms with Gasteiger partial charge in [-0.05, 0) is 42.0 Å². The van der Waals surface area contributed by atoms with Crippen LogP contribution in [0.1, 0.15) is 10.9 Å². The second kappa shape index (κ2) is 7.26. The standard InChI is InChI=1S/C18H14ClN3O2S2/c1-24-14-8-4-11(5-9-14)16-20-21-18(26-16)22-15(23)10-25-17(22)12-2-6-13(19)7-3-12/h2-9,17H,10H2,1H3/t17-/m1/s1. The maximum absolute atomic E-state index is 12.5. The molecule has 2 aromatic carbocycles. The van der Waals surface area contributed by atoms with Crippen molar-refractivity contribution in [3.63, 3.8) is 0 Å². The first-order valence-electron chi connectivity index (χ1n) is 7.83. The number of hydrogen-bond donors (Lipinski definition) is 0. The summed E-state index contributed by atoms with van der Waals surface area (Å²) < 4.78 is 5.18. The Kier molecular flexibility index (Phi) is 4.84. The normalized spacial score (nSPS) is 16.9. The number of amides is 1. The van der Waals surface area contributed by atoms with E-state index in [9.17, 15) is 4.79 Å². The Bertz CT molecular complexity index is 928. The van der Waals surface area contributed by atoms with Crippen molar-refractivity contribution in [3.8, 4) is 16.3 Å². The van der Waals surface area contributed by atoms with Crippen molar-refractivity contribution < 1.29 is 9.53 Å². The first-order chi connectivity index (χ1) is 12.7. The van der Waals surface area contributed by atoms with Crippen LogP contribution in [0.15, 0.2) is 48.5 Å². The van der Waals surface area contributed by atoms with E-state index in [-0.39, 0.29) is 11.3 Å². The Hall–Kier alpha value is -2.09. The van der Waals surface area contributed by atoms with Crippen LogP contribution in [-0.2, 0) is 4.79 Å². The number of halogens is 1. The zero-order chi connectivity index (χ0) is 18.1. The highest BCUT2D eigenvalue weighted by Crippen LogP contribution is 2.43. The predicted molar refractivity (Wildman–Crippen MR) is 106 cm³/mol.